The molecule has 2 atom stereocenters. The molecule has 11 rings (SSSR count). The first-order valence-corrected chi connectivity index (χ1v) is 20.6. The Hall–Kier alpha value is -7.63. The molecule has 0 spiro atoms. The Balaban J connectivity index is 1.07. The SMILES string of the molecule is Nc1c(C(c2ccccc2)(c2ccccc2)C2CC2c2ccccc2)ccc2c1c1ccccc1n2-c1ccc(-c2nc(-c3ccccc3)nc(-c3ccccc3)n2)cc1. The number of anilines is 1. The van der Waals surface area contributed by atoms with Crippen LogP contribution in [-0.2, 0) is 5.41 Å². The number of nitrogens with zero attached hydrogens (tertiary/aromatic N) is 4. The summed E-state index contributed by atoms with van der Waals surface area (Å²) in [7, 11) is 0. The van der Waals surface area contributed by atoms with E-state index in [-0.39, 0.29) is 0 Å². The highest BCUT2D eigenvalue weighted by molar-refractivity contribution is 6.15. The molecule has 2 aromatic heterocycles. The Morgan fingerprint density at radius 3 is 1.47 bits per heavy atom. The smallest absolute Gasteiger partial charge is 0.164 e. The maximum atomic E-state index is 7.68. The maximum absolute atomic E-state index is 7.68. The van der Waals surface area contributed by atoms with E-state index in [1.165, 1.54) is 16.7 Å². The van der Waals surface area contributed by atoms with Crippen molar-refractivity contribution < 1.29 is 0 Å². The van der Waals surface area contributed by atoms with E-state index in [2.05, 4.69) is 156 Å². The summed E-state index contributed by atoms with van der Waals surface area (Å²) in [5.41, 5.74) is 19.0. The van der Waals surface area contributed by atoms with E-state index in [0.717, 1.165) is 61.9 Å². The summed E-state index contributed by atoms with van der Waals surface area (Å²) in [6.45, 7) is 0. The highest BCUT2D eigenvalue weighted by Crippen LogP contribution is 2.64. The summed E-state index contributed by atoms with van der Waals surface area (Å²) in [5.74, 6) is 2.61. The molecular weight excluding hydrogens is 731 g/mol. The predicted octanol–water partition coefficient (Wildman–Crippen LogP) is 12.7. The Bertz CT molecular complexity index is 3010. The van der Waals surface area contributed by atoms with Gasteiger partial charge < -0.3 is 10.3 Å². The number of hydrogen-bond acceptors (Lipinski definition) is 4. The fourth-order valence-electron chi connectivity index (χ4n) is 9.66. The molecular formula is C55H41N5. The molecule has 0 bridgehead atoms. The number of nitrogens with two attached hydrogens (primary N) is 1. The molecule has 10 aromatic rings. The molecule has 2 unspecified atom stereocenters. The van der Waals surface area contributed by atoms with Crippen LogP contribution in [-0.4, -0.2) is 19.5 Å². The molecule has 8 aromatic carbocycles. The molecule has 2 N–H and O–H groups in total. The summed E-state index contributed by atoms with van der Waals surface area (Å²) < 4.78 is 2.34. The summed E-state index contributed by atoms with van der Waals surface area (Å²) in [4.78, 5) is 14.9. The number of fused-ring (bicyclic) bond motifs is 3. The van der Waals surface area contributed by atoms with Gasteiger partial charge in [-0.25, -0.2) is 15.0 Å². The first-order chi connectivity index (χ1) is 29.7. The standard InChI is InChI=1S/C55H41N5/c56-51-46(55(41-24-12-4-13-25-41,42-26-14-5-15-27-42)47-36-45(47)37-18-6-1-7-19-37)34-35-49-50(51)44-28-16-17-29-48(44)60(49)43-32-30-40(31-33-43)54-58-52(38-20-8-2-9-21-38)57-53(59-54)39-22-10-3-11-23-39/h1-35,45,47H,36,56H2. The molecule has 0 saturated heterocycles. The lowest BCUT2D eigenvalue weighted by Crippen LogP contribution is -2.33. The van der Waals surface area contributed by atoms with Gasteiger partial charge in [0.15, 0.2) is 17.5 Å². The van der Waals surface area contributed by atoms with Gasteiger partial charge in [-0.15, -0.1) is 0 Å². The van der Waals surface area contributed by atoms with Crippen molar-refractivity contribution in [1.29, 1.82) is 0 Å². The number of aromatic nitrogens is 4. The molecule has 1 aliphatic rings. The van der Waals surface area contributed by atoms with Gasteiger partial charge in [0.2, 0.25) is 0 Å². The number of hydrogen-bond donors (Lipinski definition) is 1. The third-order valence-electron chi connectivity index (χ3n) is 12.4. The molecule has 60 heavy (non-hydrogen) atoms. The number of nitrogen functional groups attached to an aromatic ring is 1. The second-order valence-corrected chi connectivity index (χ2v) is 15.8. The molecule has 0 aliphatic heterocycles. The quantitative estimate of drug-likeness (QED) is 0.117. The van der Waals surface area contributed by atoms with Crippen LogP contribution in [0.2, 0.25) is 0 Å². The van der Waals surface area contributed by atoms with Gasteiger partial charge in [-0.1, -0.05) is 176 Å². The van der Waals surface area contributed by atoms with Crippen molar-refractivity contribution in [1.82, 2.24) is 19.5 Å². The summed E-state index contributed by atoms with van der Waals surface area (Å²) in [5, 5.41) is 2.19. The minimum atomic E-state index is -0.478. The van der Waals surface area contributed by atoms with E-state index >= 15 is 0 Å². The van der Waals surface area contributed by atoms with Gasteiger partial charge in [0.25, 0.3) is 0 Å². The molecule has 0 radical (unpaired) electrons. The number of rotatable bonds is 9. The molecule has 2 heterocycles. The van der Waals surface area contributed by atoms with Crippen LogP contribution in [0.4, 0.5) is 5.69 Å². The zero-order valence-corrected chi connectivity index (χ0v) is 32.9. The Morgan fingerprint density at radius 2 is 0.917 bits per heavy atom. The molecule has 286 valence electrons. The van der Waals surface area contributed by atoms with Crippen LogP contribution in [0.5, 0.6) is 0 Å². The minimum Gasteiger partial charge on any atom is -0.398 e. The fraction of sp³-hybridized carbons (Fsp3) is 0.0727. The van der Waals surface area contributed by atoms with Crippen LogP contribution in [0.3, 0.4) is 0 Å². The van der Waals surface area contributed by atoms with Crippen LogP contribution in [0.25, 0.3) is 61.7 Å². The third kappa shape index (κ3) is 5.89. The zero-order chi connectivity index (χ0) is 40.0. The van der Waals surface area contributed by atoms with E-state index in [1.54, 1.807) is 0 Å². The molecule has 1 saturated carbocycles. The second kappa shape index (κ2) is 14.6. The first-order valence-electron chi connectivity index (χ1n) is 20.6. The van der Waals surface area contributed by atoms with E-state index in [4.69, 9.17) is 20.7 Å². The highest BCUT2D eigenvalue weighted by Gasteiger charge is 2.56. The van der Waals surface area contributed by atoms with E-state index < -0.39 is 5.41 Å². The lowest BCUT2D eigenvalue weighted by molar-refractivity contribution is 0.525. The molecule has 5 heteroatoms. The van der Waals surface area contributed by atoms with E-state index in [1.807, 2.05) is 60.7 Å². The van der Waals surface area contributed by atoms with Crippen molar-refractivity contribution in [3.63, 3.8) is 0 Å². The van der Waals surface area contributed by atoms with Gasteiger partial charge in [0.1, 0.15) is 0 Å². The monoisotopic (exact) mass is 771 g/mol. The predicted molar refractivity (Wildman–Crippen MR) is 245 cm³/mol. The molecule has 1 fully saturated rings. The van der Waals surface area contributed by atoms with Crippen LogP contribution < -0.4 is 5.73 Å². The fourth-order valence-corrected chi connectivity index (χ4v) is 9.66. The Kier molecular flexibility index (Phi) is 8.67. The molecule has 1 aliphatic carbocycles. The average molecular weight is 772 g/mol. The second-order valence-electron chi connectivity index (χ2n) is 15.8. The van der Waals surface area contributed by atoms with Gasteiger partial charge in [-0.2, -0.15) is 0 Å². The van der Waals surface area contributed by atoms with Gasteiger partial charge in [0, 0.05) is 38.8 Å². The van der Waals surface area contributed by atoms with Crippen molar-refractivity contribution in [2.75, 3.05) is 5.73 Å². The van der Waals surface area contributed by atoms with Gasteiger partial charge in [-0.05, 0) is 76.9 Å². The van der Waals surface area contributed by atoms with E-state index in [0.29, 0.717) is 29.3 Å². The van der Waals surface area contributed by atoms with Gasteiger partial charge in [-0.3, -0.25) is 0 Å². The maximum Gasteiger partial charge on any atom is 0.164 e. The normalized spacial score (nSPS) is 15.0. The Morgan fingerprint density at radius 1 is 0.450 bits per heavy atom. The third-order valence-corrected chi connectivity index (χ3v) is 12.4. The van der Waals surface area contributed by atoms with Crippen LogP contribution in [0.1, 0.15) is 34.6 Å². The molecule has 5 nitrogen and oxygen atoms in total. The average Bonchev–Trinajstić information content (AvgIpc) is 4.06. The van der Waals surface area contributed by atoms with Crippen molar-refractivity contribution in [2.24, 2.45) is 5.92 Å². The highest BCUT2D eigenvalue weighted by atomic mass is 15.0. The summed E-state index contributed by atoms with van der Waals surface area (Å²) >= 11 is 0. The van der Waals surface area contributed by atoms with Crippen molar-refractivity contribution in [2.45, 2.75) is 17.8 Å². The van der Waals surface area contributed by atoms with Gasteiger partial charge >= 0.3 is 0 Å². The minimum absolute atomic E-state index is 0.311. The van der Waals surface area contributed by atoms with Crippen LogP contribution >= 0.6 is 0 Å². The summed E-state index contributed by atoms with van der Waals surface area (Å²) in [6, 6.07) is 75.0. The van der Waals surface area contributed by atoms with Crippen LogP contribution in [0.15, 0.2) is 212 Å². The van der Waals surface area contributed by atoms with E-state index in [9.17, 15) is 0 Å². The largest absolute Gasteiger partial charge is 0.398 e. The van der Waals surface area contributed by atoms with Crippen LogP contribution in [0, 0.1) is 5.92 Å². The number of para-hydroxylation sites is 1. The topological polar surface area (TPSA) is 69.6 Å². The molecule has 0 amide bonds. The van der Waals surface area contributed by atoms with Crippen molar-refractivity contribution in [3.8, 4) is 39.9 Å². The van der Waals surface area contributed by atoms with Crippen molar-refractivity contribution in [3.05, 3.63) is 235 Å². The first kappa shape index (κ1) is 35.5. The summed E-state index contributed by atoms with van der Waals surface area (Å²) in [6.07, 6.45) is 1.07. The van der Waals surface area contributed by atoms with Gasteiger partial charge in [0.05, 0.1) is 16.4 Å². The van der Waals surface area contributed by atoms with Crippen molar-refractivity contribution >= 4 is 27.5 Å². The Labute approximate surface area is 349 Å². The lowest BCUT2D eigenvalue weighted by Gasteiger charge is -2.38. The number of benzene rings is 8. The zero-order valence-electron chi connectivity index (χ0n) is 32.9. The lowest BCUT2D eigenvalue weighted by atomic mass is 9.64.